The number of tetrazole rings is 1. The van der Waals surface area contributed by atoms with Gasteiger partial charge >= 0.3 is 0 Å². The van der Waals surface area contributed by atoms with Gasteiger partial charge in [-0.1, -0.05) is 18.2 Å². The molecule has 0 aliphatic heterocycles. The van der Waals surface area contributed by atoms with E-state index in [0.29, 0.717) is 17.2 Å². The van der Waals surface area contributed by atoms with Gasteiger partial charge in [0.1, 0.15) is 11.5 Å². The maximum absolute atomic E-state index is 14.2. The van der Waals surface area contributed by atoms with E-state index in [2.05, 4.69) is 25.6 Å². The second-order valence-corrected chi connectivity index (χ2v) is 8.44. The van der Waals surface area contributed by atoms with Crippen LogP contribution < -0.4 is 10.0 Å². The molecular formula is C21H17FN6O3S. The summed E-state index contributed by atoms with van der Waals surface area (Å²) in [4.78, 5) is 12.6. The number of anilines is 2. The van der Waals surface area contributed by atoms with Crippen molar-refractivity contribution in [3.05, 3.63) is 90.0 Å². The summed E-state index contributed by atoms with van der Waals surface area (Å²) < 4.78 is 42.9. The van der Waals surface area contributed by atoms with Crippen LogP contribution in [0.15, 0.2) is 77.7 Å². The smallest absolute Gasteiger partial charge is 0.261 e. The first kappa shape index (κ1) is 21.1. The van der Waals surface area contributed by atoms with Gasteiger partial charge in [0.2, 0.25) is 0 Å². The fourth-order valence-electron chi connectivity index (χ4n) is 2.92. The Labute approximate surface area is 183 Å². The first-order valence-electron chi connectivity index (χ1n) is 9.38. The third kappa shape index (κ3) is 4.47. The molecule has 32 heavy (non-hydrogen) atoms. The summed E-state index contributed by atoms with van der Waals surface area (Å²) in [6, 6.07) is 17.9. The lowest BCUT2D eigenvalue weighted by molar-refractivity contribution is 0.102. The second kappa shape index (κ2) is 8.55. The Morgan fingerprint density at radius 2 is 1.69 bits per heavy atom. The van der Waals surface area contributed by atoms with Crippen molar-refractivity contribution in [3.8, 4) is 5.69 Å². The van der Waals surface area contributed by atoms with Gasteiger partial charge in [0.25, 0.3) is 15.9 Å². The van der Waals surface area contributed by atoms with E-state index in [1.807, 2.05) is 0 Å². The molecule has 0 fully saturated rings. The number of sulfonamides is 1. The lowest BCUT2D eigenvalue weighted by Gasteiger charge is -2.10. The number of rotatable bonds is 6. The summed E-state index contributed by atoms with van der Waals surface area (Å²) in [7, 11) is -3.80. The molecule has 3 aromatic carbocycles. The molecule has 0 bridgehead atoms. The Morgan fingerprint density at radius 1 is 0.969 bits per heavy atom. The number of carbonyl (C=O) groups is 1. The van der Waals surface area contributed by atoms with Crippen molar-refractivity contribution in [2.24, 2.45) is 0 Å². The van der Waals surface area contributed by atoms with E-state index in [1.165, 1.54) is 47.1 Å². The highest BCUT2D eigenvalue weighted by atomic mass is 32.2. The first-order valence-corrected chi connectivity index (χ1v) is 10.9. The molecule has 4 aromatic rings. The summed E-state index contributed by atoms with van der Waals surface area (Å²) >= 11 is 0. The molecule has 1 heterocycles. The van der Waals surface area contributed by atoms with Crippen LogP contribution in [0.2, 0.25) is 0 Å². The van der Waals surface area contributed by atoms with Crippen molar-refractivity contribution in [1.29, 1.82) is 0 Å². The van der Waals surface area contributed by atoms with Crippen LogP contribution in [-0.4, -0.2) is 34.5 Å². The number of hydrogen-bond acceptors (Lipinski definition) is 6. The third-order valence-electron chi connectivity index (χ3n) is 4.51. The molecular weight excluding hydrogens is 435 g/mol. The van der Waals surface area contributed by atoms with Crippen LogP contribution >= 0.6 is 0 Å². The van der Waals surface area contributed by atoms with Crippen molar-refractivity contribution in [3.63, 3.8) is 0 Å². The number of halogens is 1. The predicted molar refractivity (Wildman–Crippen MR) is 115 cm³/mol. The number of carbonyl (C=O) groups excluding carboxylic acids is 1. The van der Waals surface area contributed by atoms with E-state index in [4.69, 9.17) is 0 Å². The number of benzene rings is 3. The summed E-state index contributed by atoms with van der Waals surface area (Å²) in [6.07, 6.45) is 0. The molecule has 9 nitrogen and oxygen atoms in total. The fraction of sp³-hybridized carbons (Fsp3) is 0.0476. The monoisotopic (exact) mass is 452 g/mol. The van der Waals surface area contributed by atoms with Crippen LogP contribution in [0.1, 0.15) is 16.2 Å². The maximum Gasteiger partial charge on any atom is 0.261 e. The summed E-state index contributed by atoms with van der Waals surface area (Å²) in [5.74, 6) is -0.664. The van der Waals surface area contributed by atoms with Crippen LogP contribution in [0.25, 0.3) is 5.69 Å². The Morgan fingerprint density at radius 3 is 2.34 bits per heavy atom. The summed E-state index contributed by atoms with van der Waals surface area (Å²) in [5.41, 5.74) is 1.06. The molecule has 4 rings (SSSR count). The van der Waals surface area contributed by atoms with Gasteiger partial charge in [0.15, 0.2) is 5.82 Å². The molecule has 0 radical (unpaired) electrons. The minimum Gasteiger partial charge on any atom is -0.322 e. The maximum atomic E-state index is 14.2. The van der Waals surface area contributed by atoms with Crippen LogP contribution in [0.4, 0.5) is 15.8 Å². The van der Waals surface area contributed by atoms with Crippen molar-refractivity contribution < 1.29 is 17.6 Å². The Kier molecular flexibility index (Phi) is 5.65. The molecule has 2 N–H and O–H groups in total. The minimum absolute atomic E-state index is 0.0103. The van der Waals surface area contributed by atoms with Crippen LogP contribution in [0, 0.1) is 12.7 Å². The van der Waals surface area contributed by atoms with Crippen molar-refractivity contribution in [1.82, 2.24) is 20.2 Å². The normalized spacial score (nSPS) is 11.2. The molecule has 0 unspecified atom stereocenters. The summed E-state index contributed by atoms with van der Waals surface area (Å²) in [6.45, 7) is 1.62. The number of hydrogen-bond donors (Lipinski definition) is 2. The molecule has 0 saturated heterocycles. The molecule has 11 heteroatoms. The number of amides is 1. The van der Waals surface area contributed by atoms with E-state index < -0.39 is 21.7 Å². The zero-order valence-electron chi connectivity index (χ0n) is 16.7. The van der Waals surface area contributed by atoms with E-state index in [0.717, 1.165) is 0 Å². The van der Waals surface area contributed by atoms with Crippen LogP contribution in [-0.2, 0) is 10.0 Å². The van der Waals surface area contributed by atoms with Gasteiger partial charge in [-0.2, -0.15) is 4.68 Å². The zero-order chi connectivity index (χ0) is 22.7. The highest BCUT2D eigenvalue weighted by Crippen LogP contribution is 2.20. The van der Waals surface area contributed by atoms with Gasteiger partial charge in [0, 0.05) is 16.9 Å². The number of nitrogens with one attached hydrogen (secondary N) is 2. The van der Waals surface area contributed by atoms with E-state index in [9.17, 15) is 17.6 Å². The SMILES string of the molecule is Cc1nnnn1-c1cc(NC(=O)c2ccc(S(=O)(=O)Nc3ccccc3)cc2)ccc1F. The number of para-hydroxylation sites is 1. The quantitative estimate of drug-likeness (QED) is 0.464. The number of aryl methyl sites for hydroxylation is 1. The lowest BCUT2D eigenvalue weighted by Crippen LogP contribution is -2.15. The molecule has 0 aliphatic rings. The number of nitrogens with zero attached hydrogens (tertiary/aromatic N) is 4. The molecule has 0 atom stereocenters. The zero-order valence-corrected chi connectivity index (χ0v) is 17.5. The predicted octanol–water partition coefficient (Wildman–Crippen LogP) is 3.16. The van der Waals surface area contributed by atoms with Crippen molar-refractivity contribution in [2.75, 3.05) is 10.0 Å². The van der Waals surface area contributed by atoms with Gasteiger partial charge in [-0.3, -0.25) is 9.52 Å². The molecule has 162 valence electrons. The van der Waals surface area contributed by atoms with E-state index >= 15 is 0 Å². The summed E-state index contributed by atoms with van der Waals surface area (Å²) in [5, 5.41) is 13.6. The van der Waals surface area contributed by atoms with Gasteiger partial charge in [-0.25, -0.2) is 12.8 Å². The van der Waals surface area contributed by atoms with Gasteiger partial charge < -0.3 is 5.32 Å². The Bertz CT molecular complexity index is 1370. The highest BCUT2D eigenvalue weighted by Gasteiger charge is 2.16. The molecule has 1 amide bonds. The first-order chi connectivity index (χ1) is 15.3. The van der Waals surface area contributed by atoms with Gasteiger partial charge in [-0.15, -0.1) is 5.10 Å². The Hall–Kier alpha value is -4.12. The molecule has 0 saturated carbocycles. The third-order valence-corrected chi connectivity index (χ3v) is 5.91. The van der Waals surface area contributed by atoms with Gasteiger partial charge in [-0.05, 0) is 71.9 Å². The van der Waals surface area contributed by atoms with Crippen molar-refractivity contribution >= 4 is 27.3 Å². The molecule has 0 aliphatic carbocycles. The Balaban J connectivity index is 1.51. The van der Waals surface area contributed by atoms with Gasteiger partial charge in [0.05, 0.1) is 4.90 Å². The largest absolute Gasteiger partial charge is 0.322 e. The van der Waals surface area contributed by atoms with E-state index in [1.54, 1.807) is 37.3 Å². The van der Waals surface area contributed by atoms with Crippen molar-refractivity contribution in [2.45, 2.75) is 11.8 Å². The standard InChI is InChI=1S/C21H17FN6O3S/c1-14-24-26-27-28(14)20-13-17(9-12-19(20)22)23-21(29)15-7-10-18(11-8-15)32(30,31)25-16-5-3-2-4-6-16/h2-13,25H,1H3,(H,23,29). The minimum atomic E-state index is -3.80. The average molecular weight is 452 g/mol. The molecule has 0 spiro atoms. The van der Waals surface area contributed by atoms with E-state index in [-0.39, 0.29) is 16.1 Å². The van der Waals surface area contributed by atoms with Crippen LogP contribution in [0.3, 0.4) is 0 Å². The average Bonchev–Trinajstić information content (AvgIpc) is 3.21. The lowest BCUT2D eigenvalue weighted by atomic mass is 10.2. The fourth-order valence-corrected chi connectivity index (χ4v) is 3.97. The topological polar surface area (TPSA) is 119 Å². The van der Waals surface area contributed by atoms with Crippen LogP contribution in [0.5, 0.6) is 0 Å². The highest BCUT2D eigenvalue weighted by molar-refractivity contribution is 7.92. The second-order valence-electron chi connectivity index (χ2n) is 6.75. The number of aromatic nitrogens is 4. The molecule has 1 aromatic heterocycles.